The number of rotatable bonds is 4. The summed E-state index contributed by atoms with van der Waals surface area (Å²) in [5.74, 6) is -0.191. The Hall–Kier alpha value is -1.81. The zero-order chi connectivity index (χ0) is 14.9. The lowest BCUT2D eigenvalue weighted by Crippen LogP contribution is -2.51. The Morgan fingerprint density at radius 1 is 1.38 bits per heavy atom. The summed E-state index contributed by atoms with van der Waals surface area (Å²) < 4.78 is 5.46. The molecule has 0 amide bonds. The first-order chi connectivity index (χ1) is 10.2. The van der Waals surface area contributed by atoms with Gasteiger partial charge in [0.15, 0.2) is 5.54 Å². The fourth-order valence-corrected chi connectivity index (χ4v) is 3.04. The summed E-state index contributed by atoms with van der Waals surface area (Å²) in [4.78, 5) is 15.9. The van der Waals surface area contributed by atoms with Gasteiger partial charge in [0, 0.05) is 17.4 Å². The maximum Gasteiger partial charge on any atom is 0.332 e. The van der Waals surface area contributed by atoms with E-state index >= 15 is 0 Å². The van der Waals surface area contributed by atoms with Gasteiger partial charge >= 0.3 is 5.97 Å². The van der Waals surface area contributed by atoms with E-state index in [9.17, 15) is 4.79 Å². The first-order valence-corrected chi connectivity index (χ1v) is 7.69. The molecule has 0 radical (unpaired) electrons. The molecule has 1 aromatic carbocycles. The standard InChI is InChI=1S/C17H22N2O2/c1-3-4-11-21-16(20)17(2)15-13(9-10-18-17)12-7-5-6-8-14(12)19-15/h5-8,18-19H,3-4,9-11H2,1-2H3. The van der Waals surface area contributed by atoms with E-state index in [-0.39, 0.29) is 5.97 Å². The fourth-order valence-electron chi connectivity index (χ4n) is 3.04. The Morgan fingerprint density at radius 2 is 2.19 bits per heavy atom. The summed E-state index contributed by atoms with van der Waals surface area (Å²) >= 11 is 0. The second kappa shape index (κ2) is 5.53. The molecule has 1 aliphatic heterocycles. The highest BCUT2D eigenvalue weighted by atomic mass is 16.5. The molecule has 0 bridgehead atoms. The van der Waals surface area contributed by atoms with Gasteiger partial charge < -0.3 is 9.72 Å². The molecule has 112 valence electrons. The average Bonchev–Trinajstić information content (AvgIpc) is 2.88. The number of carbonyl (C=O) groups excluding carboxylic acids is 1. The monoisotopic (exact) mass is 286 g/mol. The Morgan fingerprint density at radius 3 is 3.00 bits per heavy atom. The predicted molar refractivity (Wildman–Crippen MR) is 83.2 cm³/mol. The number of fused-ring (bicyclic) bond motifs is 3. The number of carbonyl (C=O) groups is 1. The van der Waals surface area contributed by atoms with Crippen LogP contribution in [0.4, 0.5) is 0 Å². The lowest BCUT2D eigenvalue weighted by Gasteiger charge is -2.32. The van der Waals surface area contributed by atoms with E-state index in [4.69, 9.17) is 4.74 Å². The van der Waals surface area contributed by atoms with E-state index in [1.165, 1.54) is 10.9 Å². The maximum atomic E-state index is 12.5. The summed E-state index contributed by atoms with van der Waals surface area (Å²) in [7, 11) is 0. The van der Waals surface area contributed by atoms with Crippen molar-refractivity contribution in [3.05, 3.63) is 35.5 Å². The van der Waals surface area contributed by atoms with Gasteiger partial charge in [0.05, 0.1) is 12.3 Å². The van der Waals surface area contributed by atoms with Crippen LogP contribution in [-0.2, 0) is 21.5 Å². The molecule has 4 heteroatoms. The van der Waals surface area contributed by atoms with Crippen molar-refractivity contribution in [2.75, 3.05) is 13.2 Å². The Kier molecular flexibility index (Phi) is 3.72. The van der Waals surface area contributed by atoms with E-state index in [0.717, 1.165) is 37.0 Å². The van der Waals surface area contributed by atoms with Crippen molar-refractivity contribution >= 4 is 16.9 Å². The fraction of sp³-hybridized carbons (Fsp3) is 0.471. The first kappa shape index (κ1) is 14.1. The molecule has 1 aliphatic rings. The number of nitrogens with one attached hydrogen (secondary N) is 2. The summed E-state index contributed by atoms with van der Waals surface area (Å²) in [6, 6.07) is 8.21. The molecule has 2 N–H and O–H groups in total. The zero-order valence-corrected chi connectivity index (χ0v) is 12.7. The molecule has 0 aliphatic carbocycles. The SMILES string of the molecule is CCCCOC(=O)C1(C)NCCc2c1[nH]c1ccccc21. The Labute approximate surface area is 124 Å². The largest absolute Gasteiger partial charge is 0.464 e. The zero-order valence-electron chi connectivity index (χ0n) is 12.7. The van der Waals surface area contributed by atoms with Crippen molar-refractivity contribution in [2.45, 2.75) is 38.6 Å². The van der Waals surface area contributed by atoms with Crippen LogP contribution in [0.25, 0.3) is 10.9 Å². The van der Waals surface area contributed by atoms with E-state index in [2.05, 4.69) is 29.4 Å². The number of H-pyrrole nitrogens is 1. The molecule has 1 atom stereocenters. The topological polar surface area (TPSA) is 54.1 Å². The third-order valence-electron chi connectivity index (χ3n) is 4.31. The van der Waals surface area contributed by atoms with E-state index in [1.807, 2.05) is 19.1 Å². The molecular formula is C17H22N2O2. The molecule has 1 unspecified atom stereocenters. The Balaban J connectivity index is 1.97. The number of ether oxygens (including phenoxy) is 1. The number of aromatic amines is 1. The normalized spacial score (nSPS) is 21.2. The minimum Gasteiger partial charge on any atom is -0.464 e. The van der Waals surface area contributed by atoms with Gasteiger partial charge in [-0.15, -0.1) is 0 Å². The van der Waals surface area contributed by atoms with E-state index < -0.39 is 5.54 Å². The molecule has 2 aromatic rings. The van der Waals surface area contributed by atoms with E-state index in [0.29, 0.717) is 6.61 Å². The van der Waals surface area contributed by atoms with Gasteiger partial charge in [0.25, 0.3) is 0 Å². The van der Waals surface area contributed by atoms with Crippen LogP contribution < -0.4 is 5.32 Å². The predicted octanol–water partition coefficient (Wildman–Crippen LogP) is 2.87. The number of aromatic nitrogens is 1. The number of hydrogen-bond acceptors (Lipinski definition) is 3. The molecule has 0 saturated heterocycles. The first-order valence-electron chi connectivity index (χ1n) is 7.69. The van der Waals surface area contributed by atoms with Gasteiger partial charge in [-0.1, -0.05) is 31.5 Å². The van der Waals surface area contributed by atoms with Crippen LogP contribution in [0.1, 0.15) is 37.9 Å². The van der Waals surface area contributed by atoms with Crippen molar-refractivity contribution in [1.82, 2.24) is 10.3 Å². The van der Waals surface area contributed by atoms with Crippen LogP contribution in [0.2, 0.25) is 0 Å². The quantitative estimate of drug-likeness (QED) is 0.671. The number of hydrogen-bond donors (Lipinski definition) is 2. The van der Waals surface area contributed by atoms with Gasteiger partial charge in [0.2, 0.25) is 0 Å². The summed E-state index contributed by atoms with van der Waals surface area (Å²) in [6.45, 7) is 5.27. The van der Waals surface area contributed by atoms with Gasteiger partial charge in [-0.25, -0.2) is 4.79 Å². The molecule has 0 fully saturated rings. The lowest BCUT2D eigenvalue weighted by atomic mass is 9.88. The summed E-state index contributed by atoms with van der Waals surface area (Å²) in [6.07, 6.45) is 2.85. The van der Waals surface area contributed by atoms with Crippen molar-refractivity contribution in [3.63, 3.8) is 0 Å². The van der Waals surface area contributed by atoms with Crippen molar-refractivity contribution in [1.29, 1.82) is 0 Å². The average molecular weight is 286 g/mol. The highest BCUT2D eigenvalue weighted by Crippen LogP contribution is 2.34. The van der Waals surface area contributed by atoms with Crippen LogP contribution in [0.5, 0.6) is 0 Å². The molecule has 1 aromatic heterocycles. The number of esters is 1. The van der Waals surface area contributed by atoms with Gasteiger partial charge in [0.1, 0.15) is 0 Å². The van der Waals surface area contributed by atoms with E-state index in [1.54, 1.807) is 0 Å². The number of unbranched alkanes of at least 4 members (excludes halogenated alkanes) is 1. The third kappa shape index (κ3) is 2.33. The molecule has 0 saturated carbocycles. The lowest BCUT2D eigenvalue weighted by molar-refractivity contribution is -0.152. The molecule has 3 rings (SSSR count). The van der Waals surface area contributed by atoms with Crippen LogP contribution in [0.15, 0.2) is 24.3 Å². The second-order valence-corrected chi connectivity index (χ2v) is 5.82. The molecule has 21 heavy (non-hydrogen) atoms. The van der Waals surface area contributed by atoms with Crippen LogP contribution in [0.3, 0.4) is 0 Å². The minimum atomic E-state index is -0.777. The Bertz CT molecular complexity index is 662. The van der Waals surface area contributed by atoms with Gasteiger partial charge in [-0.2, -0.15) is 0 Å². The molecule has 4 nitrogen and oxygen atoms in total. The minimum absolute atomic E-state index is 0.191. The third-order valence-corrected chi connectivity index (χ3v) is 4.31. The molecule has 0 spiro atoms. The number of benzene rings is 1. The second-order valence-electron chi connectivity index (χ2n) is 5.82. The van der Waals surface area contributed by atoms with Crippen molar-refractivity contribution in [2.24, 2.45) is 0 Å². The summed E-state index contributed by atoms with van der Waals surface area (Å²) in [5, 5.41) is 4.54. The maximum absolute atomic E-state index is 12.5. The number of para-hydroxylation sites is 1. The molecular weight excluding hydrogens is 264 g/mol. The highest BCUT2D eigenvalue weighted by Gasteiger charge is 2.42. The highest BCUT2D eigenvalue weighted by molar-refractivity contribution is 5.90. The van der Waals surface area contributed by atoms with Crippen LogP contribution in [-0.4, -0.2) is 24.1 Å². The van der Waals surface area contributed by atoms with Crippen LogP contribution in [0, 0.1) is 0 Å². The van der Waals surface area contributed by atoms with Gasteiger partial charge in [-0.3, -0.25) is 5.32 Å². The summed E-state index contributed by atoms with van der Waals surface area (Å²) in [5.41, 5.74) is 2.50. The molecule has 2 heterocycles. The van der Waals surface area contributed by atoms with Gasteiger partial charge in [-0.05, 0) is 31.4 Å². The van der Waals surface area contributed by atoms with Crippen molar-refractivity contribution in [3.8, 4) is 0 Å². The van der Waals surface area contributed by atoms with Crippen LogP contribution >= 0.6 is 0 Å². The van der Waals surface area contributed by atoms with Crippen molar-refractivity contribution < 1.29 is 9.53 Å². The smallest absolute Gasteiger partial charge is 0.332 e.